The zero-order chi connectivity index (χ0) is 9.97. The molecule has 1 aliphatic rings. The van der Waals surface area contributed by atoms with Gasteiger partial charge in [-0.25, -0.2) is 4.79 Å². The smallest absolute Gasteiger partial charge is 0.336 e. The molecule has 0 aliphatic heterocycles. The maximum atomic E-state index is 10.9. The molecule has 2 rings (SSSR count). The highest BCUT2D eigenvalue weighted by Crippen LogP contribution is 2.19. The summed E-state index contributed by atoms with van der Waals surface area (Å²) in [6.07, 6.45) is 2.43. The van der Waals surface area contributed by atoms with E-state index in [0.29, 0.717) is 18.2 Å². The van der Waals surface area contributed by atoms with Crippen LogP contribution < -0.4 is 5.32 Å². The molecule has 0 heterocycles. The molecule has 1 saturated carbocycles. The third kappa shape index (κ3) is 2.12. The topological polar surface area (TPSA) is 49.3 Å². The van der Waals surface area contributed by atoms with E-state index in [-0.39, 0.29) is 0 Å². The van der Waals surface area contributed by atoms with Gasteiger partial charge in [-0.05, 0) is 24.5 Å². The molecule has 0 atom stereocenters. The van der Waals surface area contributed by atoms with Crippen LogP contribution in [0.2, 0.25) is 0 Å². The van der Waals surface area contributed by atoms with Gasteiger partial charge in [0, 0.05) is 12.6 Å². The average molecular weight is 191 g/mol. The van der Waals surface area contributed by atoms with Gasteiger partial charge in [-0.15, -0.1) is 0 Å². The number of carboxylic acid groups (broad SMARTS) is 1. The van der Waals surface area contributed by atoms with Crippen molar-refractivity contribution in [3.63, 3.8) is 0 Å². The number of hydrogen-bond acceptors (Lipinski definition) is 2. The van der Waals surface area contributed by atoms with Gasteiger partial charge in [-0.2, -0.15) is 0 Å². The van der Waals surface area contributed by atoms with Gasteiger partial charge in [-0.3, -0.25) is 0 Å². The second kappa shape index (κ2) is 3.80. The van der Waals surface area contributed by atoms with E-state index in [9.17, 15) is 4.79 Å². The lowest BCUT2D eigenvalue weighted by atomic mass is 10.1. The minimum atomic E-state index is -0.849. The fraction of sp³-hybridized carbons (Fsp3) is 0.364. The largest absolute Gasteiger partial charge is 0.478 e. The van der Waals surface area contributed by atoms with Crippen LogP contribution in [-0.2, 0) is 6.54 Å². The molecule has 74 valence electrons. The Hall–Kier alpha value is -1.35. The van der Waals surface area contributed by atoms with Crippen molar-refractivity contribution < 1.29 is 9.90 Å². The van der Waals surface area contributed by atoms with E-state index in [0.717, 1.165) is 5.56 Å². The molecule has 3 nitrogen and oxygen atoms in total. The second-order valence-electron chi connectivity index (χ2n) is 3.62. The molecule has 2 N–H and O–H groups in total. The Morgan fingerprint density at radius 1 is 1.43 bits per heavy atom. The number of carboxylic acids is 1. The SMILES string of the molecule is O=C(O)c1ccccc1CNC1CC1. The second-order valence-corrected chi connectivity index (χ2v) is 3.62. The molecule has 14 heavy (non-hydrogen) atoms. The van der Waals surface area contributed by atoms with Gasteiger partial charge in [0.2, 0.25) is 0 Å². The maximum Gasteiger partial charge on any atom is 0.336 e. The van der Waals surface area contributed by atoms with E-state index in [1.54, 1.807) is 12.1 Å². The molecule has 0 unspecified atom stereocenters. The predicted molar refractivity (Wildman–Crippen MR) is 53.3 cm³/mol. The third-order valence-corrected chi connectivity index (χ3v) is 2.41. The van der Waals surface area contributed by atoms with Crippen LogP contribution in [0.1, 0.15) is 28.8 Å². The summed E-state index contributed by atoms with van der Waals surface area (Å²) in [7, 11) is 0. The normalized spacial score (nSPS) is 15.4. The van der Waals surface area contributed by atoms with Crippen molar-refractivity contribution in [2.24, 2.45) is 0 Å². The standard InChI is InChI=1S/C11H13NO2/c13-11(14)10-4-2-1-3-8(10)7-12-9-5-6-9/h1-4,9,12H,5-7H2,(H,13,14). The highest BCUT2D eigenvalue weighted by atomic mass is 16.4. The minimum absolute atomic E-state index is 0.403. The minimum Gasteiger partial charge on any atom is -0.478 e. The molecular formula is C11H13NO2. The zero-order valence-corrected chi connectivity index (χ0v) is 7.86. The first kappa shape index (κ1) is 9.21. The van der Waals surface area contributed by atoms with E-state index in [1.165, 1.54) is 12.8 Å². The summed E-state index contributed by atoms with van der Waals surface area (Å²) in [5.74, 6) is -0.849. The molecule has 0 bridgehead atoms. The van der Waals surface area contributed by atoms with Crippen molar-refractivity contribution in [1.82, 2.24) is 5.32 Å². The Labute approximate surface area is 82.8 Å². The summed E-state index contributed by atoms with van der Waals surface area (Å²) in [6, 6.07) is 7.74. The number of benzene rings is 1. The van der Waals surface area contributed by atoms with Crippen LogP contribution in [-0.4, -0.2) is 17.1 Å². The lowest BCUT2D eigenvalue weighted by molar-refractivity contribution is 0.0695. The summed E-state index contributed by atoms with van der Waals surface area (Å²) in [5, 5.41) is 12.2. The van der Waals surface area contributed by atoms with Crippen LogP contribution in [0.15, 0.2) is 24.3 Å². The van der Waals surface area contributed by atoms with Gasteiger partial charge >= 0.3 is 5.97 Å². The Balaban J connectivity index is 2.09. The highest BCUT2D eigenvalue weighted by molar-refractivity contribution is 5.89. The van der Waals surface area contributed by atoms with E-state index in [2.05, 4.69) is 5.32 Å². The lowest BCUT2D eigenvalue weighted by Crippen LogP contribution is -2.17. The number of hydrogen-bond donors (Lipinski definition) is 2. The first-order chi connectivity index (χ1) is 6.77. The number of nitrogens with one attached hydrogen (secondary N) is 1. The van der Waals surface area contributed by atoms with Crippen molar-refractivity contribution in [1.29, 1.82) is 0 Å². The molecule has 1 fully saturated rings. The molecule has 1 aromatic carbocycles. The van der Waals surface area contributed by atoms with Crippen molar-refractivity contribution in [3.8, 4) is 0 Å². The van der Waals surface area contributed by atoms with Crippen molar-refractivity contribution in [3.05, 3.63) is 35.4 Å². The van der Waals surface area contributed by atoms with E-state index < -0.39 is 5.97 Å². The van der Waals surface area contributed by atoms with Gasteiger partial charge in [0.05, 0.1) is 5.56 Å². The van der Waals surface area contributed by atoms with Crippen LogP contribution in [0.4, 0.5) is 0 Å². The molecule has 1 aliphatic carbocycles. The molecule has 0 amide bonds. The van der Waals surface area contributed by atoms with Crippen LogP contribution in [0.25, 0.3) is 0 Å². The quantitative estimate of drug-likeness (QED) is 0.760. The van der Waals surface area contributed by atoms with Gasteiger partial charge in [-0.1, -0.05) is 18.2 Å². The van der Waals surface area contributed by atoms with Gasteiger partial charge in [0.15, 0.2) is 0 Å². The third-order valence-electron chi connectivity index (χ3n) is 2.41. The van der Waals surface area contributed by atoms with Gasteiger partial charge in [0.25, 0.3) is 0 Å². The van der Waals surface area contributed by atoms with Crippen molar-refractivity contribution in [2.75, 3.05) is 0 Å². The van der Waals surface area contributed by atoms with Crippen LogP contribution >= 0.6 is 0 Å². The number of aromatic carboxylic acids is 1. The number of carbonyl (C=O) groups is 1. The van der Waals surface area contributed by atoms with E-state index in [4.69, 9.17) is 5.11 Å². The molecule has 3 heteroatoms. The average Bonchev–Trinajstić information content (AvgIpc) is 2.98. The van der Waals surface area contributed by atoms with Crippen LogP contribution in [0.3, 0.4) is 0 Å². The first-order valence-corrected chi connectivity index (χ1v) is 4.82. The summed E-state index contributed by atoms with van der Waals surface area (Å²) in [6.45, 7) is 0.660. The number of rotatable bonds is 4. The Morgan fingerprint density at radius 3 is 2.79 bits per heavy atom. The predicted octanol–water partition coefficient (Wildman–Crippen LogP) is 1.64. The lowest BCUT2D eigenvalue weighted by Gasteiger charge is -2.06. The summed E-state index contributed by atoms with van der Waals surface area (Å²) >= 11 is 0. The van der Waals surface area contributed by atoms with Gasteiger partial charge < -0.3 is 10.4 Å². The van der Waals surface area contributed by atoms with Crippen LogP contribution in [0.5, 0.6) is 0 Å². The fourth-order valence-corrected chi connectivity index (χ4v) is 1.42. The van der Waals surface area contributed by atoms with Crippen LogP contribution in [0, 0.1) is 0 Å². The molecular weight excluding hydrogens is 178 g/mol. The summed E-state index contributed by atoms with van der Waals surface area (Å²) < 4.78 is 0. The Kier molecular flexibility index (Phi) is 2.50. The molecule has 1 aromatic rings. The first-order valence-electron chi connectivity index (χ1n) is 4.82. The van der Waals surface area contributed by atoms with Gasteiger partial charge in [0.1, 0.15) is 0 Å². The Bertz CT molecular complexity index is 345. The Morgan fingerprint density at radius 2 is 2.14 bits per heavy atom. The summed E-state index contributed by atoms with van der Waals surface area (Å²) in [5.41, 5.74) is 1.27. The molecule has 0 saturated heterocycles. The summed E-state index contributed by atoms with van der Waals surface area (Å²) in [4.78, 5) is 10.9. The van der Waals surface area contributed by atoms with E-state index >= 15 is 0 Å². The molecule has 0 spiro atoms. The highest BCUT2D eigenvalue weighted by Gasteiger charge is 2.20. The van der Waals surface area contributed by atoms with E-state index in [1.807, 2.05) is 12.1 Å². The maximum absolute atomic E-state index is 10.9. The monoisotopic (exact) mass is 191 g/mol. The molecule has 0 radical (unpaired) electrons. The molecule has 0 aromatic heterocycles. The zero-order valence-electron chi connectivity index (χ0n) is 7.86. The van der Waals surface area contributed by atoms with Crippen molar-refractivity contribution in [2.45, 2.75) is 25.4 Å². The van der Waals surface area contributed by atoms with Crippen molar-refractivity contribution >= 4 is 5.97 Å². The fourth-order valence-electron chi connectivity index (χ4n) is 1.42.